The van der Waals surface area contributed by atoms with Gasteiger partial charge >= 0.3 is 0 Å². The van der Waals surface area contributed by atoms with E-state index in [1.807, 2.05) is 24.3 Å². The lowest BCUT2D eigenvalue weighted by Crippen LogP contribution is -2.51. The van der Waals surface area contributed by atoms with Crippen molar-refractivity contribution in [2.24, 2.45) is 0 Å². The lowest BCUT2D eigenvalue weighted by atomic mass is 9.97. The molecule has 2 bridgehead atoms. The summed E-state index contributed by atoms with van der Waals surface area (Å²) in [5.74, 6) is 1.24. The van der Waals surface area contributed by atoms with Crippen LogP contribution >= 0.6 is 11.3 Å². The van der Waals surface area contributed by atoms with Gasteiger partial charge < -0.3 is 14.8 Å². The number of amides is 1. The summed E-state index contributed by atoms with van der Waals surface area (Å²) in [5.41, 5.74) is 0.724. The third-order valence-electron chi connectivity index (χ3n) is 6.27. The zero-order valence-electron chi connectivity index (χ0n) is 17.9. The van der Waals surface area contributed by atoms with Crippen molar-refractivity contribution < 1.29 is 18.7 Å². The van der Waals surface area contributed by atoms with Crippen molar-refractivity contribution in [2.45, 2.75) is 50.7 Å². The second-order valence-corrected chi connectivity index (χ2v) is 9.50. The molecule has 3 aromatic rings. The van der Waals surface area contributed by atoms with Gasteiger partial charge in [0.2, 0.25) is 5.91 Å². The first kappa shape index (κ1) is 21.2. The van der Waals surface area contributed by atoms with E-state index in [1.54, 1.807) is 13.0 Å². The molecule has 168 valence electrons. The molecule has 2 aromatic carbocycles. The molecule has 0 radical (unpaired) electrons. The van der Waals surface area contributed by atoms with Crippen LogP contribution in [-0.2, 0) is 4.79 Å². The highest BCUT2D eigenvalue weighted by Gasteiger charge is 2.40. The van der Waals surface area contributed by atoms with E-state index in [9.17, 15) is 9.18 Å². The average molecular weight is 456 g/mol. The third kappa shape index (κ3) is 4.71. The van der Waals surface area contributed by atoms with E-state index in [0.717, 1.165) is 35.4 Å². The van der Waals surface area contributed by atoms with Crippen LogP contribution < -0.4 is 14.8 Å². The highest BCUT2D eigenvalue weighted by Crippen LogP contribution is 2.36. The molecule has 2 unspecified atom stereocenters. The third-order valence-corrected chi connectivity index (χ3v) is 7.17. The number of piperidine rings is 1. The van der Waals surface area contributed by atoms with Crippen LogP contribution in [0.5, 0.6) is 16.7 Å². The Morgan fingerprint density at radius 3 is 2.59 bits per heavy atom. The number of hydrogen-bond donors (Lipinski definition) is 1. The fraction of sp³-hybridized carbons (Fsp3) is 0.417. The van der Waals surface area contributed by atoms with Crippen LogP contribution in [-0.4, -0.2) is 47.1 Å². The molecule has 2 saturated heterocycles. The monoisotopic (exact) mass is 455 g/mol. The maximum Gasteiger partial charge on any atom is 0.279 e. The average Bonchev–Trinajstić information content (AvgIpc) is 3.25. The van der Waals surface area contributed by atoms with Crippen molar-refractivity contribution in [3.05, 3.63) is 48.3 Å². The highest BCUT2D eigenvalue weighted by atomic mass is 32.1. The Morgan fingerprint density at radius 1 is 1.16 bits per heavy atom. The molecule has 3 heterocycles. The van der Waals surface area contributed by atoms with Gasteiger partial charge in [-0.05, 0) is 68.1 Å². The van der Waals surface area contributed by atoms with Gasteiger partial charge in [0.25, 0.3) is 5.19 Å². The van der Waals surface area contributed by atoms with Crippen LogP contribution in [0, 0.1) is 5.82 Å². The molecule has 8 heteroatoms. The predicted molar refractivity (Wildman–Crippen MR) is 122 cm³/mol. The van der Waals surface area contributed by atoms with Gasteiger partial charge in [0.1, 0.15) is 23.9 Å². The first-order valence-corrected chi connectivity index (χ1v) is 11.8. The smallest absolute Gasteiger partial charge is 0.279 e. The minimum atomic E-state index is -0.278. The van der Waals surface area contributed by atoms with Crippen molar-refractivity contribution in [1.29, 1.82) is 0 Å². The van der Waals surface area contributed by atoms with Crippen LogP contribution in [0.4, 0.5) is 4.39 Å². The molecule has 1 amide bonds. The van der Waals surface area contributed by atoms with E-state index < -0.39 is 0 Å². The maximum atomic E-state index is 13.4. The number of halogens is 1. The molecule has 5 rings (SSSR count). The van der Waals surface area contributed by atoms with Crippen LogP contribution in [0.15, 0.2) is 42.5 Å². The van der Waals surface area contributed by atoms with Crippen molar-refractivity contribution in [2.75, 3.05) is 13.2 Å². The summed E-state index contributed by atoms with van der Waals surface area (Å²) in [6.45, 7) is 3.11. The SMILES string of the molecule is CC(=O)NC1CC2CCC(C1)N2CCOc1ccc(Oc2nc3ccc(F)cc3s2)cc1. The number of carbonyl (C=O) groups is 1. The summed E-state index contributed by atoms with van der Waals surface area (Å²) in [4.78, 5) is 18.3. The van der Waals surface area contributed by atoms with E-state index in [0.29, 0.717) is 35.7 Å². The van der Waals surface area contributed by atoms with Gasteiger partial charge in [-0.25, -0.2) is 9.37 Å². The molecule has 0 aliphatic carbocycles. The van der Waals surface area contributed by atoms with E-state index in [4.69, 9.17) is 9.47 Å². The summed E-state index contributed by atoms with van der Waals surface area (Å²) < 4.78 is 25.9. The zero-order chi connectivity index (χ0) is 22.1. The summed E-state index contributed by atoms with van der Waals surface area (Å²) in [6, 6.07) is 13.4. The van der Waals surface area contributed by atoms with Gasteiger partial charge in [0.05, 0.1) is 10.2 Å². The largest absolute Gasteiger partial charge is 0.492 e. The van der Waals surface area contributed by atoms with Gasteiger partial charge in [-0.1, -0.05) is 11.3 Å². The Kier molecular flexibility index (Phi) is 5.97. The lowest BCUT2D eigenvalue weighted by molar-refractivity contribution is -0.120. The molecule has 6 nitrogen and oxygen atoms in total. The number of aromatic nitrogens is 1. The number of fused-ring (bicyclic) bond motifs is 3. The lowest BCUT2D eigenvalue weighted by Gasteiger charge is -2.39. The minimum absolute atomic E-state index is 0.0654. The highest BCUT2D eigenvalue weighted by molar-refractivity contribution is 7.20. The van der Waals surface area contributed by atoms with Gasteiger partial charge in [-0.15, -0.1) is 0 Å². The number of rotatable bonds is 7. The Labute approximate surface area is 190 Å². The van der Waals surface area contributed by atoms with Crippen LogP contribution in [0.2, 0.25) is 0 Å². The fourth-order valence-corrected chi connectivity index (χ4v) is 5.80. The van der Waals surface area contributed by atoms with Gasteiger partial charge in [0.15, 0.2) is 0 Å². The van der Waals surface area contributed by atoms with Crippen molar-refractivity contribution in [3.63, 3.8) is 0 Å². The standard InChI is InChI=1S/C24H26FN3O3S/c1-15(29)26-17-13-18-3-4-19(14-17)28(18)10-11-30-20-5-7-21(8-6-20)31-24-27-22-9-2-16(25)12-23(22)32-24/h2,5-9,12,17-19H,3-4,10-11,13-14H2,1H3,(H,26,29). The zero-order valence-corrected chi connectivity index (χ0v) is 18.7. The first-order valence-electron chi connectivity index (χ1n) is 11.0. The molecule has 1 N–H and O–H groups in total. The van der Waals surface area contributed by atoms with Crippen molar-refractivity contribution in [1.82, 2.24) is 15.2 Å². The van der Waals surface area contributed by atoms with Gasteiger partial charge in [-0.3, -0.25) is 9.69 Å². The van der Waals surface area contributed by atoms with Gasteiger partial charge in [-0.2, -0.15) is 0 Å². The number of hydrogen-bond acceptors (Lipinski definition) is 6. The van der Waals surface area contributed by atoms with Gasteiger partial charge in [0, 0.05) is 31.6 Å². The molecule has 2 atom stereocenters. The molecule has 32 heavy (non-hydrogen) atoms. The maximum absolute atomic E-state index is 13.4. The number of thiazole rings is 1. The number of benzene rings is 2. The second kappa shape index (κ2) is 9.03. The molecule has 0 saturated carbocycles. The molecule has 2 aliphatic heterocycles. The molecular formula is C24H26FN3O3S. The van der Waals surface area contributed by atoms with Crippen LogP contribution in [0.1, 0.15) is 32.6 Å². The summed E-state index contributed by atoms with van der Waals surface area (Å²) in [6.07, 6.45) is 4.46. The van der Waals surface area contributed by atoms with Crippen LogP contribution in [0.3, 0.4) is 0 Å². The molecule has 2 fully saturated rings. The first-order chi connectivity index (χ1) is 15.5. The predicted octanol–water partition coefficient (Wildman–Crippen LogP) is 4.74. The number of carbonyl (C=O) groups excluding carboxylic acids is 1. The molecule has 1 aromatic heterocycles. The van der Waals surface area contributed by atoms with E-state index in [2.05, 4.69) is 15.2 Å². The van der Waals surface area contributed by atoms with E-state index in [-0.39, 0.29) is 11.7 Å². The molecule has 0 spiro atoms. The van der Waals surface area contributed by atoms with Crippen molar-refractivity contribution >= 4 is 27.5 Å². The Morgan fingerprint density at radius 2 is 1.88 bits per heavy atom. The van der Waals surface area contributed by atoms with Crippen LogP contribution in [0.25, 0.3) is 10.2 Å². The van der Waals surface area contributed by atoms with Crippen molar-refractivity contribution in [3.8, 4) is 16.7 Å². The Balaban J connectivity index is 1.12. The Bertz CT molecular complexity index is 1090. The summed E-state index contributed by atoms with van der Waals surface area (Å²) >= 11 is 1.32. The second-order valence-electron chi connectivity index (χ2n) is 8.51. The summed E-state index contributed by atoms with van der Waals surface area (Å²) in [7, 11) is 0. The summed E-state index contributed by atoms with van der Waals surface area (Å²) in [5, 5.41) is 3.57. The Hall–Kier alpha value is -2.71. The quantitative estimate of drug-likeness (QED) is 0.558. The number of nitrogens with one attached hydrogen (secondary N) is 1. The fourth-order valence-electron chi connectivity index (χ4n) is 4.94. The van der Waals surface area contributed by atoms with E-state index in [1.165, 1.54) is 36.3 Å². The number of ether oxygens (including phenoxy) is 2. The minimum Gasteiger partial charge on any atom is -0.492 e. The molecular weight excluding hydrogens is 429 g/mol. The molecule has 2 aliphatic rings. The number of nitrogens with zero attached hydrogens (tertiary/aromatic N) is 2. The normalized spacial score (nSPS) is 22.8. The van der Waals surface area contributed by atoms with E-state index >= 15 is 0 Å². The topological polar surface area (TPSA) is 63.7 Å².